The number of nitrogens with zero attached hydrogens (tertiary/aromatic N) is 1. The Labute approximate surface area is 240 Å². The summed E-state index contributed by atoms with van der Waals surface area (Å²) < 4.78 is 32.6. The summed E-state index contributed by atoms with van der Waals surface area (Å²) in [5.74, 6) is 1.19. The molecule has 2 aliphatic heterocycles. The third-order valence-electron chi connectivity index (χ3n) is 5.26. The average Bonchev–Trinajstić information content (AvgIpc) is 3.39. The van der Waals surface area contributed by atoms with Crippen molar-refractivity contribution in [2.75, 3.05) is 91.1 Å². The molecule has 2 aliphatic rings. The number of carbonyl (C=O) groups is 1. The van der Waals surface area contributed by atoms with Crippen LogP contribution in [0.3, 0.4) is 0 Å². The van der Waals surface area contributed by atoms with E-state index in [1.54, 1.807) is 0 Å². The normalized spacial score (nSPS) is 17.0. The monoisotopic (exact) mass is 588 g/mol. The van der Waals surface area contributed by atoms with Crippen LogP contribution in [0.15, 0.2) is 18.2 Å². The Morgan fingerprint density at radius 3 is 2.10 bits per heavy atom. The predicted molar refractivity (Wildman–Crippen MR) is 145 cm³/mol. The number of ether oxygens (including phenoxy) is 6. The molecule has 15 nitrogen and oxygen atoms in total. The Morgan fingerprint density at radius 2 is 1.51 bits per heavy atom. The van der Waals surface area contributed by atoms with Crippen molar-refractivity contribution in [1.82, 2.24) is 16.2 Å². The SMILES string of the molecule is CC(C)(C)OC(=O)NCCOCCOCCOCCOCCOCCNc1cccc2c1ON(C1CCONO1)O2. The van der Waals surface area contributed by atoms with Gasteiger partial charge < -0.3 is 48.7 Å². The van der Waals surface area contributed by atoms with E-state index < -0.39 is 17.9 Å². The number of amides is 1. The number of alkyl carbamates (subject to hydrolysis) is 1. The van der Waals surface area contributed by atoms with Crippen molar-refractivity contribution in [2.24, 2.45) is 0 Å². The number of rotatable bonds is 20. The second kappa shape index (κ2) is 18.9. The first-order valence-corrected chi connectivity index (χ1v) is 13.8. The van der Waals surface area contributed by atoms with Crippen LogP contribution in [0.2, 0.25) is 0 Å². The lowest BCUT2D eigenvalue weighted by atomic mass is 10.2. The van der Waals surface area contributed by atoms with Crippen LogP contribution >= 0.6 is 0 Å². The van der Waals surface area contributed by atoms with Crippen LogP contribution in [-0.2, 0) is 38.1 Å². The quantitative estimate of drug-likeness (QED) is 0.190. The van der Waals surface area contributed by atoms with Gasteiger partial charge in [0.05, 0.1) is 83.6 Å². The van der Waals surface area contributed by atoms with Crippen LogP contribution < -0.4 is 26.0 Å². The van der Waals surface area contributed by atoms with Crippen LogP contribution in [-0.4, -0.2) is 109 Å². The fourth-order valence-corrected chi connectivity index (χ4v) is 3.42. The zero-order valence-electron chi connectivity index (χ0n) is 24.1. The highest BCUT2D eigenvalue weighted by molar-refractivity contribution is 5.67. The third kappa shape index (κ3) is 13.8. The lowest BCUT2D eigenvalue weighted by Crippen LogP contribution is -2.46. The lowest BCUT2D eigenvalue weighted by Gasteiger charge is -2.26. The highest BCUT2D eigenvalue weighted by Crippen LogP contribution is 2.41. The summed E-state index contributed by atoms with van der Waals surface area (Å²) in [5, 5.41) is 7.23. The van der Waals surface area contributed by atoms with Gasteiger partial charge in [-0.1, -0.05) is 11.7 Å². The summed E-state index contributed by atoms with van der Waals surface area (Å²) >= 11 is 0. The van der Waals surface area contributed by atoms with E-state index in [-0.39, 0.29) is 0 Å². The number of hydrogen-bond acceptors (Lipinski definition) is 14. The van der Waals surface area contributed by atoms with Gasteiger partial charge in [0.15, 0.2) is 5.75 Å². The molecule has 234 valence electrons. The lowest BCUT2D eigenvalue weighted by molar-refractivity contribution is -0.376. The molecule has 0 aromatic heterocycles. The van der Waals surface area contributed by atoms with Gasteiger partial charge in [0.2, 0.25) is 12.0 Å². The molecular weight excluding hydrogens is 544 g/mol. The molecule has 0 radical (unpaired) electrons. The largest absolute Gasteiger partial charge is 0.444 e. The highest BCUT2D eigenvalue weighted by atomic mass is 17.0. The van der Waals surface area contributed by atoms with Crippen LogP contribution in [0.5, 0.6) is 11.5 Å². The van der Waals surface area contributed by atoms with E-state index in [1.807, 2.05) is 39.0 Å². The minimum absolute atomic E-state index is 0.381. The number of hydroxylamine groups is 2. The van der Waals surface area contributed by atoms with Crippen molar-refractivity contribution in [1.29, 1.82) is 0 Å². The molecule has 3 N–H and O–H groups in total. The zero-order chi connectivity index (χ0) is 29.2. The Balaban J connectivity index is 1.06. The maximum atomic E-state index is 11.5. The molecule has 1 aromatic carbocycles. The Kier molecular flexibility index (Phi) is 15.2. The highest BCUT2D eigenvalue weighted by Gasteiger charge is 2.34. The minimum atomic E-state index is -0.513. The minimum Gasteiger partial charge on any atom is -0.444 e. The number of para-hydroxylation sites is 1. The van der Waals surface area contributed by atoms with Crippen LogP contribution in [0.4, 0.5) is 10.5 Å². The van der Waals surface area contributed by atoms with Gasteiger partial charge in [-0.25, -0.2) is 4.79 Å². The first-order chi connectivity index (χ1) is 19.9. The number of anilines is 1. The topological polar surface area (TPSA) is 149 Å². The smallest absolute Gasteiger partial charge is 0.407 e. The standard InChI is InChI=1S/C26H44N4O11/c1-26(2,3)38-25(31)28-9-12-33-14-16-35-18-20-36-19-17-34-15-13-32-11-8-27-21-5-4-6-22-24(21)41-30(40-22)23-7-10-37-29-39-23/h4-6,23,27,29H,7-20H2,1-3H3,(H,28,31). The van der Waals surface area contributed by atoms with E-state index in [1.165, 1.54) is 5.23 Å². The molecule has 41 heavy (non-hydrogen) atoms. The summed E-state index contributed by atoms with van der Waals surface area (Å²) in [6.45, 7) is 11.5. The van der Waals surface area contributed by atoms with Gasteiger partial charge >= 0.3 is 6.09 Å². The molecule has 0 bridgehead atoms. The molecule has 1 fully saturated rings. The number of fused-ring (bicyclic) bond motifs is 1. The van der Waals surface area contributed by atoms with E-state index in [2.05, 4.69) is 16.3 Å². The Morgan fingerprint density at radius 1 is 0.902 bits per heavy atom. The van der Waals surface area contributed by atoms with Gasteiger partial charge in [-0.2, -0.15) is 0 Å². The number of benzene rings is 1. The number of hydrogen-bond donors (Lipinski definition) is 3. The number of nitrogens with one attached hydrogen (secondary N) is 3. The van der Waals surface area contributed by atoms with Crippen molar-refractivity contribution in [3.8, 4) is 11.5 Å². The Hall–Kier alpha value is -2.47. The van der Waals surface area contributed by atoms with Crippen molar-refractivity contribution in [3.05, 3.63) is 18.2 Å². The molecule has 1 aromatic rings. The van der Waals surface area contributed by atoms with E-state index in [4.69, 9.17) is 47.8 Å². The molecule has 3 rings (SSSR count). The summed E-state index contributed by atoms with van der Waals surface area (Å²) in [5.41, 5.74) is 2.66. The molecule has 0 spiro atoms. The van der Waals surface area contributed by atoms with E-state index in [9.17, 15) is 4.79 Å². The van der Waals surface area contributed by atoms with Crippen LogP contribution in [0, 0.1) is 0 Å². The molecular formula is C26H44N4O11. The van der Waals surface area contributed by atoms with E-state index >= 15 is 0 Å². The molecule has 0 saturated carbocycles. The van der Waals surface area contributed by atoms with Crippen molar-refractivity contribution < 1.29 is 52.6 Å². The Bertz CT molecular complexity index is 868. The molecule has 1 saturated heterocycles. The van der Waals surface area contributed by atoms with Gasteiger partial charge in [-0.05, 0) is 32.9 Å². The molecule has 0 aliphatic carbocycles. The van der Waals surface area contributed by atoms with E-state index in [0.29, 0.717) is 104 Å². The molecule has 1 unspecified atom stereocenters. The second-order valence-electron chi connectivity index (χ2n) is 9.81. The summed E-state index contributed by atoms with van der Waals surface area (Å²) in [7, 11) is 0. The molecule has 15 heteroatoms. The third-order valence-corrected chi connectivity index (χ3v) is 5.26. The van der Waals surface area contributed by atoms with Crippen LogP contribution in [0.25, 0.3) is 0 Å². The first-order valence-electron chi connectivity index (χ1n) is 13.8. The molecule has 1 amide bonds. The predicted octanol–water partition coefficient (Wildman–Crippen LogP) is 1.79. The zero-order valence-corrected chi connectivity index (χ0v) is 24.1. The van der Waals surface area contributed by atoms with Gasteiger partial charge in [0, 0.05) is 19.5 Å². The van der Waals surface area contributed by atoms with Crippen molar-refractivity contribution in [3.63, 3.8) is 0 Å². The van der Waals surface area contributed by atoms with Crippen LogP contribution in [0.1, 0.15) is 27.2 Å². The average molecular weight is 589 g/mol. The fourth-order valence-electron chi connectivity index (χ4n) is 3.42. The molecule has 1 atom stereocenters. The summed E-state index contributed by atoms with van der Waals surface area (Å²) in [6.07, 6.45) is -0.286. The van der Waals surface area contributed by atoms with Gasteiger partial charge in [0.1, 0.15) is 5.60 Å². The molecule has 2 heterocycles. The van der Waals surface area contributed by atoms with Crippen molar-refractivity contribution >= 4 is 11.8 Å². The fraction of sp³-hybridized carbons (Fsp3) is 0.731. The first kappa shape index (κ1) is 33.0. The maximum absolute atomic E-state index is 11.5. The van der Waals surface area contributed by atoms with E-state index in [0.717, 1.165) is 5.69 Å². The second-order valence-corrected chi connectivity index (χ2v) is 9.81. The number of carbonyl (C=O) groups excluding carboxylic acids is 1. The van der Waals surface area contributed by atoms with Gasteiger partial charge in [-0.3, -0.25) is 9.68 Å². The summed E-state index contributed by atoms with van der Waals surface area (Å²) in [4.78, 5) is 33.2. The maximum Gasteiger partial charge on any atom is 0.407 e. The van der Waals surface area contributed by atoms with Gasteiger partial charge in [0.25, 0.3) is 0 Å². The van der Waals surface area contributed by atoms with Gasteiger partial charge in [-0.15, -0.1) is 0 Å². The van der Waals surface area contributed by atoms with Crippen molar-refractivity contribution in [2.45, 2.75) is 39.0 Å². The summed E-state index contributed by atoms with van der Waals surface area (Å²) in [6, 6.07) is 5.61.